The normalized spacial score (nSPS) is 12.4. The average molecular weight is 305 g/mol. The predicted molar refractivity (Wildman–Crippen MR) is 81.4 cm³/mol. The standard InChI is InChI=1S/C13H20N2O2S.ClH/c1-13(2,3)17-15-12(16)11(14)9-18-10-7-5-4-6-8-10;/h4-8,11H,9,14H2,1-3H3,(H,15,16);1H/t11-;/m0./s1. The number of rotatable bonds is 5. The van der Waals surface area contributed by atoms with Crippen molar-refractivity contribution < 1.29 is 9.63 Å². The molecule has 3 N–H and O–H groups in total. The van der Waals surface area contributed by atoms with E-state index in [4.69, 9.17) is 10.6 Å². The molecule has 0 saturated carbocycles. The van der Waals surface area contributed by atoms with Crippen LogP contribution in [0.15, 0.2) is 35.2 Å². The van der Waals surface area contributed by atoms with E-state index in [1.54, 1.807) is 11.8 Å². The highest BCUT2D eigenvalue weighted by atomic mass is 35.5. The van der Waals surface area contributed by atoms with Crippen molar-refractivity contribution in [3.63, 3.8) is 0 Å². The number of nitrogens with two attached hydrogens (primary N) is 1. The van der Waals surface area contributed by atoms with Crippen molar-refractivity contribution >= 4 is 30.1 Å². The maximum absolute atomic E-state index is 11.6. The first kappa shape index (κ1) is 18.2. The Morgan fingerprint density at radius 2 is 1.95 bits per heavy atom. The summed E-state index contributed by atoms with van der Waals surface area (Å²) in [5.74, 6) is 0.219. The molecule has 1 amide bonds. The van der Waals surface area contributed by atoms with Crippen molar-refractivity contribution in [3.8, 4) is 0 Å². The second-order valence-corrected chi connectivity index (χ2v) is 6.00. The molecule has 0 aliphatic carbocycles. The van der Waals surface area contributed by atoms with Gasteiger partial charge in [-0.25, -0.2) is 5.48 Å². The van der Waals surface area contributed by atoms with Crippen LogP contribution in [0.1, 0.15) is 20.8 Å². The Morgan fingerprint density at radius 1 is 1.37 bits per heavy atom. The van der Waals surface area contributed by atoms with Gasteiger partial charge in [-0.15, -0.1) is 24.2 Å². The summed E-state index contributed by atoms with van der Waals surface area (Å²) in [4.78, 5) is 17.9. The smallest absolute Gasteiger partial charge is 0.261 e. The molecule has 0 aliphatic rings. The molecule has 1 aromatic carbocycles. The molecular weight excluding hydrogens is 284 g/mol. The molecule has 0 saturated heterocycles. The Bertz CT molecular complexity index is 382. The Morgan fingerprint density at radius 3 is 2.47 bits per heavy atom. The SMILES string of the molecule is CC(C)(C)ONC(=O)[C@@H](N)CSc1ccccc1.Cl. The van der Waals surface area contributed by atoms with Gasteiger partial charge in [-0.3, -0.25) is 9.63 Å². The van der Waals surface area contributed by atoms with Crippen molar-refractivity contribution in [3.05, 3.63) is 30.3 Å². The first-order valence-corrected chi connectivity index (χ1v) is 6.78. The quantitative estimate of drug-likeness (QED) is 0.647. The van der Waals surface area contributed by atoms with Crippen molar-refractivity contribution in [2.45, 2.75) is 37.3 Å². The molecule has 0 aliphatic heterocycles. The molecule has 0 heterocycles. The minimum atomic E-state index is -0.586. The Hall–Kier alpha value is -0.750. The molecule has 0 radical (unpaired) electrons. The third-order valence-electron chi connectivity index (χ3n) is 1.97. The monoisotopic (exact) mass is 304 g/mol. The second-order valence-electron chi connectivity index (χ2n) is 4.91. The van der Waals surface area contributed by atoms with E-state index in [2.05, 4.69) is 5.48 Å². The molecule has 0 unspecified atom stereocenters. The number of halogens is 1. The zero-order chi connectivity index (χ0) is 13.6. The van der Waals surface area contributed by atoms with Gasteiger partial charge < -0.3 is 5.73 Å². The Labute approximate surface area is 124 Å². The number of carbonyl (C=O) groups excluding carboxylic acids is 1. The van der Waals surface area contributed by atoms with Gasteiger partial charge in [0.1, 0.15) is 0 Å². The van der Waals surface area contributed by atoms with Crippen LogP contribution in [0.25, 0.3) is 0 Å². The van der Waals surface area contributed by atoms with Gasteiger partial charge in [-0.1, -0.05) is 18.2 Å². The highest BCUT2D eigenvalue weighted by molar-refractivity contribution is 7.99. The van der Waals surface area contributed by atoms with Crippen LogP contribution in [0.3, 0.4) is 0 Å². The minimum absolute atomic E-state index is 0. The molecule has 1 atom stereocenters. The van der Waals surface area contributed by atoms with E-state index in [9.17, 15) is 4.79 Å². The number of nitrogens with one attached hydrogen (secondary N) is 1. The van der Waals surface area contributed by atoms with Gasteiger partial charge in [0, 0.05) is 10.6 Å². The lowest BCUT2D eigenvalue weighted by Gasteiger charge is -2.20. The van der Waals surface area contributed by atoms with Crippen molar-refractivity contribution in [2.75, 3.05) is 5.75 Å². The number of hydroxylamine groups is 1. The van der Waals surface area contributed by atoms with Crippen LogP contribution >= 0.6 is 24.2 Å². The number of benzene rings is 1. The molecular formula is C13H21ClN2O2S. The third kappa shape index (κ3) is 8.10. The van der Waals surface area contributed by atoms with E-state index < -0.39 is 11.6 Å². The lowest BCUT2D eigenvalue weighted by atomic mass is 10.2. The maximum atomic E-state index is 11.6. The van der Waals surface area contributed by atoms with Gasteiger partial charge in [0.15, 0.2) is 0 Å². The molecule has 1 aromatic rings. The first-order valence-electron chi connectivity index (χ1n) is 5.80. The van der Waals surface area contributed by atoms with Crippen LogP contribution in [-0.4, -0.2) is 23.3 Å². The lowest BCUT2D eigenvalue weighted by Crippen LogP contribution is -2.45. The summed E-state index contributed by atoms with van der Waals surface area (Å²) < 4.78 is 0. The van der Waals surface area contributed by atoms with Crippen LogP contribution in [0.5, 0.6) is 0 Å². The van der Waals surface area contributed by atoms with Gasteiger partial charge in [0.25, 0.3) is 5.91 Å². The maximum Gasteiger partial charge on any atom is 0.261 e. The van der Waals surface area contributed by atoms with Gasteiger partial charge in [0.05, 0.1) is 11.6 Å². The number of hydrogen-bond donors (Lipinski definition) is 2. The van der Waals surface area contributed by atoms with Gasteiger partial charge >= 0.3 is 0 Å². The van der Waals surface area contributed by atoms with Crippen LogP contribution in [0.4, 0.5) is 0 Å². The average Bonchev–Trinajstić information content (AvgIpc) is 2.33. The number of amides is 1. The minimum Gasteiger partial charge on any atom is -0.319 e. The molecule has 0 spiro atoms. The molecule has 6 heteroatoms. The number of thioether (sulfide) groups is 1. The lowest BCUT2D eigenvalue weighted by molar-refractivity contribution is -0.146. The summed E-state index contributed by atoms with van der Waals surface area (Å²) in [5, 5.41) is 0. The molecule has 108 valence electrons. The second kappa shape index (κ2) is 8.43. The molecule has 0 fully saturated rings. The zero-order valence-electron chi connectivity index (χ0n) is 11.4. The summed E-state index contributed by atoms with van der Waals surface area (Å²) >= 11 is 1.55. The van der Waals surface area contributed by atoms with Crippen LogP contribution < -0.4 is 11.2 Å². The molecule has 19 heavy (non-hydrogen) atoms. The summed E-state index contributed by atoms with van der Waals surface area (Å²) in [5.41, 5.74) is 7.75. The van der Waals surface area contributed by atoms with Gasteiger partial charge in [-0.05, 0) is 32.9 Å². The van der Waals surface area contributed by atoms with E-state index >= 15 is 0 Å². The first-order chi connectivity index (χ1) is 8.38. The van der Waals surface area contributed by atoms with Crippen molar-refractivity contribution in [1.29, 1.82) is 0 Å². The molecule has 0 bridgehead atoms. The fraction of sp³-hybridized carbons (Fsp3) is 0.462. The zero-order valence-corrected chi connectivity index (χ0v) is 13.0. The highest BCUT2D eigenvalue weighted by Gasteiger charge is 2.17. The Kier molecular flexibility index (Phi) is 8.09. The van der Waals surface area contributed by atoms with Crippen LogP contribution in [0.2, 0.25) is 0 Å². The summed E-state index contributed by atoms with van der Waals surface area (Å²) in [6.45, 7) is 5.58. The third-order valence-corrected chi connectivity index (χ3v) is 3.10. The fourth-order valence-corrected chi connectivity index (χ4v) is 1.93. The molecule has 1 rings (SSSR count). The molecule has 0 aromatic heterocycles. The van der Waals surface area contributed by atoms with Crippen molar-refractivity contribution in [2.24, 2.45) is 5.73 Å². The van der Waals surface area contributed by atoms with Gasteiger partial charge in [-0.2, -0.15) is 0 Å². The largest absolute Gasteiger partial charge is 0.319 e. The Balaban J connectivity index is 0.00000324. The number of hydrogen-bond acceptors (Lipinski definition) is 4. The molecule has 4 nitrogen and oxygen atoms in total. The van der Waals surface area contributed by atoms with E-state index in [0.717, 1.165) is 4.90 Å². The highest BCUT2D eigenvalue weighted by Crippen LogP contribution is 2.17. The summed E-state index contributed by atoms with van der Waals surface area (Å²) in [6.07, 6.45) is 0. The van der Waals surface area contributed by atoms with E-state index in [0.29, 0.717) is 5.75 Å². The topological polar surface area (TPSA) is 64.3 Å². The van der Waals surface area contributed by atoms with Crippen LogP contribution in [0, 0.1) is 0 Å². The van der Waals surface area contributed by atoms with Crippen LogP contribution in [-0.2, 0) is 9.63 Å². The van der Waals surface area contributed by atoms with Gasteiger partial charge in [0.2, 0.25) is 0 Å². The van der Waals surface area contributed by atoms with E-state index in [1.165, 1.54) is 0 Å². The van der Waals surface area contributed by atoms with Crippen molar-refractivity contribution in [1.82, 2.24) is 5.48 Å². The summed E-state index contributed by atoms with van der Waals surface area (Å²) in [6, 6.07) is 9.25. The number of carbonyl (C=O) groups is 1. The van der Waals surface area contributed by atoms with E-state index in [1.807, 2.05) is 51.1 Å². The fourth-order valence-electron chi connectivity index (χ4n) is 1.06. The van der Waals surface area contributed by atoms with E-state index in [-0.39, 0.29) is 18.3 Å². The summed E-state index contributed by atoms with van der Waals surface area (Å²) in [7, 11) is 0. The predicted octanol–water partition coefficient (Wildman–Crippen LogP) is 2.37.